The van der Waals surface area contributed by atoms with Crippen molar-refractivity contribution in [2.45, 2.75) is 54.1 Å². The maximum Gasteiger partial charge on any atom is 0.158 e. The predicted molar refractivity (Wildman–Crippen MR) is 87.3 cm³/mol. The summed E-state index contributed by atoms with van der Waals surface area (Å²) in [6, 6.07) is 2.52. The van der Waals surface area contributed by atoms with Crippen molar-refractivity contribution in [1.82, 2.24) is 20.1 Å². The average molecular weight is 307 g/mol. The van der Waals surface area contributed by atoms with Gasteiger partial charge in [0.15, 0.2) is 5.82 Å². The Morgan fingerprint density at radius 3 is 2.43 bits per heavy atom. The predicted octanol–water partition coefficient (Wildman–Crippen LogP) is 3.65. The van der Waals surface area contributed by atoms with Gasteiger partial charge in [-0.25, -0.2) is 9.67 Å². The molecule has 0 aliphatic heterocycles. The Balaban J connectivity index is 2.58. The topological polar surface area (TPSA) is 42.7 Å². The van der Waals surface area contributed by atoms with E-state index in [2.05, 4.69) is 37.3 Å². The van der Waals surface area contributed by atoms with E-state index in [0.29, 0.717) is 11.1 Å². The van der Waals surface area contributed by atoms with Crippen molar-refractivity contribution in [2.75, 3.05) is 0 Å². The summed E-state index contributed by atoms with van der Waals surface area (Å²) in [4.78, 5) is 4.70. The lowest BCUT2D eigenvalue weighted by Gasteiger charge is -2.16. The molecule has 0 bridgehead atoms. The van der Waals surface area contributed by atoms with E-state index < -0.39 is 0 Å². The summed E-state index contributed by atoms with van der Waals surface area (Å²) in [7, 11) is 0. The quantitative estimate of drug-likeness (QED) is 0.937. The second-order valence-electron chi connectivity index (χ2n) is 5.81. The Bertz CT molecular complexity index is 659. The number of halogens is 1. The van der Waals surface area contributed by atoms with Crippen molar-refractivity contribution in [1.29, 1.82) is 0 Å². The minimum absolute atomic E-state index is 0.419. The average Bonchev–Trinajstić information content (AvgIpc) is 2.64. The number of aryl methyl sites for hydroxylation is 3. The van der Waals surface area contributed by atoms with Crippen LogP contribution < -0.4 is 5.32 Å². The van der Waals surface area contributed by atoms with E-state index in [1.54, 1.807) is 0 Å². The number of rotatable bonds is 4. The normalized spacial score (nSPS) is 11.4. The van der Waals surface area contributed by atoms with E-state index in [-0.39, 0.29) is 0 Å². The Kier molecular flexibility index (Phi) is 4.69. The van der Waals surface area contributed by atoms with E-state index in [0.717, 1.165) is 35.0 Å². The lowest BCUT2D eigenvalue weighted by molar-refractivity contribution is 0.582. The van der Waals surface area contributed by atoms with Crippen LogP contribution in [0.3, 0.4) is 0 Å². The highest BCUT2D eigenvalue weighted by atomic mass is 35.5. The maximum absolute atomic E-state index is 6.28. The molecule has 5 heteroatoms. The molecule has 21 heavy (non-hydrogen) atoms. The smallest absolute Gasteiger partial charge is 0.158 e. The molecule has 0 aliphatic carbocycles. The summed E-state index contributed by atoms with van der Waals surface area (Å²) < 4.78 is 1.86. The molecular formula is C16H23ClN4. The highest BCUT2D eigenvalue weighted by molar-refractivity contribution is 6.31. The van der Waals surface area contributed by atoms with Crippen LogP contribution in [0.1, 0.15) is 42.1 Å². The van der Waals surface area contributed by atoms with Crippen LogP contribution in [0.2, 0.25) is 5.02 Å². The first-order valence-corrected chi connectivity index (χ1v) is 7.61. The fourth-order valence-corrected chi connectivity index (χ4v) is 2.49. The Hall–Kier alpha value is -1.39. The van der Waals surface area contributed by atoms with Crippen LogP contribution >= 0.6 is 11.6 Å². The van der Waals surface area contributed by atoms with Crippen LogP contribution in [0.5, 0.6) is 0 Å². The molecule has 2 rings (SSSR count). The number of hydrogen-bond donors (Lipinski definition) is 1. The van der Waals surface area contributed by atoms with Gasteiger partial charge in [0, 0.05) is 23.8 Å². The summed E-state index contributed by atoms with van der Waals surface area (Å²) in [5.74, 6) is 0.869. The lowest BCUT2D eigenvalue weighted by atomic mass is 10.1. The largest absolute Gasteiger partial charge is 0.310 e. The third kappa shape index (κ3) is 3.27. The molecule has 0 amide bonds. The van der Waals surface area contributed by atoms with E-state index in [1.165, 1.54) is 5.56 Å². The zero-order chi connectivity index (χ0) is 15.7. The number of nitrogens with zero attached hydrogens (tertiary/aromatic N) is 3. The first-order chi connectivity index (χ1) is 9.81. The summed E-state index contributed by atoms with van der Waals surface area (Å²) in [6.45, 7) is 13.0. The Morgan fingerprint density at radius 1 is 1.24 bits per heavy atom. The lowest BCUT2D eigenvalue weighted by Crippen LogP contribution is -2.24. The van der Waals surface area contributed by atoms with Gasteiger partial charge < -0.3 is 5.32 Å². The van der Waals surface area contributed by atoms with Crippen LogP contribution in [0, 0.1) is 27.7 Å². The van der Waals surface area contributed by atoms with Gasteiger partial charge in [0.25, 0.3) is 0 Å². The molecule has 2 heterocycles. The fraction of sp³-hybridized carbons (Fsp3) is 0.500. The van der Waals surface area contributed by atoms with Crippen LogP contribution in [-0.2, 0) is 6.54 Å². The van der Waals surface area contributed by atoms with Crippen LogP contribution in [0.4, 0.5) is 0 Å². The maximum atomic E-state index is 6.28. The van der Waals surface area contributed by atoms with E-state index in [4.69, 9.17) is 16.6 Å². The molecule has 2 aromatic rings. The molecule has 0 saturated heterocycles. The fourth-order valence-electron chi connectivity index (χ4n) is 2.37. The number of pyridine rings is 1. The summed E-state index contributed by atoms with van der Waals surface area (Å²) in [5.41, 5.74) is 5.13. The minimum Gasteiger partial charge on any atom is -0.310 e. The first kappa shape index (κ1) is 16.0. The molecule has 4 nitrogen and oxygen atoms in total. The van der Waals surface area contributed by atoms with Gasteiger partial charge in [-0.05, 0) is 39.3 Å². The molecule has 0 unspecified atom stereocenters. The number of aromatic nitrogens is 3. The van der Waals surface area contributed by atoms with Crippen molar-refractivity contribution >= 4 is 11.6 Å². The van der Waals surface area contributed by atoms with Gasteiger partial charge in [0.1, 0.15) is 0 Å². The van der Waals surface area contributed by atoms with Gasteiger partial charge in [-0.2, -0.15) is 5.10 Å². The van der Waals surface area contributed by atoms with Gasteiger partial charge in [-0.15, -0.1) is 0 Å². The molecule has 0 aromatic carbocycles. The van der Waals surface area contributed by atoms with Crippen molar-refractivity contribution in [3.63, 3.8) is 0 Å². The van der Waals surface area contributed by atoms with Gasteiger partial charge >= 0.3 is 0 Å². The second-order valence-corrected chi connectivity index (χ2v) is 6.19. The van der Waals surface area contributed by atoms with Gasteiger partial charge in [0.2, 0.25) is 0 Å². The monoisotopic (exact) mass is 306 g/mol. The third-order valence-corrected chi connectivity index (χ3v) is 4.09. The highest BCUT2D eigenvalue weighted by Crippen LogP contribution is 2.25. The Labute approximate surface area is 131 Å². The molecule has 0 radical (unpaired) electrons. The van der Waals surface area contributed by atoms with Crippen molar-refractivity contribution < 1.29 is 0 Å². The van der Waals surface area contributed by atoms with Gasteiger partial charge in [-0.1, -0.05) is 25.4 Å². The molecule has 0 fully saturated rings. The van der Waals surface area contributed by atoms with Gasteiger partial charge in [0.05, 0.1) is 16.4 Å². The molecule has 114 valence electrons. The molecule has 1 N–H and O–H groups in total. The van der Waals surface area contributed by atoms with E-state index in [1.807, 2.05) is 25.5 Å². The summed E-state index contributed by atoms with van der Waals surface area (Å²) >= 11 is 6.28. The van der Waals surface area contributed by atoms with E-state index in [9.17, 15) is 0 Å². The molecule has 0 aliphatic rings. The van der Waals surface area contributed by atoms with Gasteiger partial charge in [-0.3, -0.25) is 0 Å². The summed E-state index contributed by atoms with van der Waals surface area (Å²) in [5, 5.41) is 8.71. The standard InChI is InChI=1S/C16H23ClN4/c1-9(2)18-8-14-10(3)7-11(4)19-16(14)21-13(6)15(17)12(5)20-21/h7,9,18H,8H2,1-6H3. The number of nitrogens with one attached hydrogen (secondary N) is 1. The molecule has 2 aromatic heterocycles. The molecule has 0 atom stereocenters. The van der Waals surface area contributed by atoms with Crippen molar-refractivity contribution in [3.8, 4) is 5.82 Å². The van der Waals surface area contributed by atoms with Crippen LogP contribution in [0.25, 0.3) is 5.82 Å². The number of hydrogen-bond acceptors (Lipinski definition) is 3. The SMILES string of the molecule is Cc1cc(C)c(CNC(C)C)c(-n2nc(C)c(Cl)c2C)n1. The van der Waals surface area contributed by atoms with E-state index >= 15 is 0 Å². The minimum atomic E-state index is 0.419. The Morgan fingerprint density at radius 2 is 1.90 bits per heavy atom. The highest BCUT2D eigenvalue weighted by Gasteiger charge is 2.17. The zero-order valence-corrected chi connectivity index (χ0v) is 14.3. The molecule has 0 spiro atoms. The third-order valence-electron chi connectivity index (χ3n) is 3.54. The second kappa shape index (κ2) is 6.16. The van der Waals surface area contributed by atoms with Crippen molar-refractivity contribution in [2.24, 2.45) is 0 Å². The van der Waals surface area contributed by atoms with Crippen LogP contribution in [-0.4, -0.2) is 20.8 Å². The van der Waals surface area contributed by atoms with Crippen LogP contribution in [0.15, 0.2) is 6.07 Å². The summed E-state index contributed by atoms with van der Waals surface area (Å²) in [6.07, 6.45) is 0. The first-order valence-electron chi connectivity index (χ1n) is 7.23. The van der Waals surface area contributed by atoms with Crippen molar-refractivity contribution in [3.05, 3.63) is 39.3 Å². The molecule has 0 saturated carbocycles. The zero-order valence-electron chi connectivity index (χ0n) is 13.6. The molecular weight excluding hydrogens is 284 g/mol.